The number of non-ortho nitro benzene ring substituents is 1. The van der Waals surface area contributed by atoms with Crippen LogP contribution in [0.5, 0.6) is 11.5 Å². The smallest absolute Gasteiger partial charge is 0.417 e. The van der Waals surface area contributed by atoms with Crippen molar-refractivity contribution in [2.75, 3.05) is 12.4 Å². The van der Waals surface area contributed by atoms with Crippen LogP contribution in [0.15, 0.2) is 30.3 Å². The Balaban J connectivity index is 2.17. The van der Waals surface area contributed by atoms with Crippen LogP contribution >= 0.6 is 11.6 Å². The van der Waals surface area contributed by atoms with Gasteiger partial charge in [-0.2, -0.15) is 0 Å². The zero-order valence-corrected chi connectivity index (χ0v) is 14.0. The Hall–Kier alpha value is -2.80. The van der Waals surface area contributed by atoms with Crippen molar-refractivity contribution in [1.82, 2.24) is 0 Å². The van der Waals surface area contributed by atoms with E-state index in [0.717, 1.165) is 11.1 Å². The number of methoxy groups -OCH3 is 1. The Labute approximate surface area is 143 Å². The SMILES string of the molecule is COc1cc([N+](=O)[O-])ccc1NC(=O)Oc1cc(C)c(Cl)c(C)c1. The van der Waals surface area contributed by atoms with Gasteiger partial charge < -0.3 is 9.47 Å². The number of nitrogens with one attached hydrogen (secondary N) is 1. The van der Waals surface area contributed by atoms with Crippen LogP contribution in [0.3, 0.4) is 0 Å². The zero-order valence-electron chi connectivity index (χ0n) is 13.3. The molecule has 0 atom stereocenters. The monoisotopic (exact) mass is 350 g/mol. The maximum Gasteiger partial charge on any atom is 0.417 e. The minimum Gasteiger partial charge on any atom is -0.494 e. The highest BCUT2D eigenvalue weighted by Crippen LogP contribution is 2.30. The number of nitro groups is 1. The summed E-state index contributed by atoms with van der Waals surface area (Å²) in [6.45, 7) is 3.61. The summed E-state index contributed by atoms with van der Waals surface area (Å²) in [6, 6.07) is 7.13. The Bertz CT molecular complexity index is 784. The van der Waals surface area contributed by atoms with Crippen LogP contribution in [-0.4, -0.2) is 18.1 Å². The molecule has 7 nitrogen and oxygen atoms in total. The molecule has 8 heteroatoms. The van der Waals surface area contributed by atoms with E-state index in [1.807, 2.05) is 0 Å². The van der Waals surface area contributed by atoms with Crippen molar-refractivity contribution in [3.63, 3.8) is 0 Å². The van der Waals surface area contributed by atoms with Gasteiger partial charge >= 0.3 is 6.09 Å². The molecule has 2 aromatic carbocycles. The summed E-state index contributed by atoms with van der Waals surface area (Å²) in [5.41, 5.74) is 1.69. The Morgan fingerprint density at radius 1 is 1.21 bits per heavy atom. The van der Waals surface area contributed by atoms with Gasteiger partial charge in [0.25, 0.3) is 5.69 Å². The van der Waals surface area contributed by atoms with Gasteiger partial charge in [0.05, 0.1) is 23.8 Å². The average molecular weight is 351 g/mol. The molecule has 0 saturated heterocycles. The van der Waals surface area contributed by atoms with E-state index in [4.69, 9.17) is 21.1 Å². The number of hydrogen-bond donors (Lipinski definition) is 1. The van der Waals surface area contributed by atoms with Gasteiger partial charge in [-0.05, 0) is 43.2 Å². The molecule has 0 saturated carbocycles. The highest BCUT2D eigenvalue weighted by atomic mass is 35.5. The maximum absolute atomic E-state index is 12.0. The first-order valence-electron chi connectivity index (χ1n) is 6.90. The molecule has 2 rings (SSSR count). The first kappa shape index (κ1) is 17.6. The van der Waals surface area contributed by atoms with E-state index < -0.39 is 11.0 Å². The quantitative estimate of drug-likeness (QED) is 0.648. The van der Waals surface area contributed by atoms with E-state index in [1.165, 1.54) is 25.3 Å². The van der Waals surface area contributed by atoms with Crippen LogP contribution < -0.4 is 14.8 Å². The number of nitro benzene ring substituents is 1. The van der Waals surface area contributed by atoms with Crippen molar-refractivity contribution in [2.24, 2.45) is 0 Å². The number of carbonyl (C=O) groups is 1. The summed E-state index contributed by atoms with van der Waals surface area (Å²) in [6.07, 6.45) is -0.747. The van der Waals surface area contributed by atoms with Gasteiger partial charge in [0, 0.05) is 11.1 Å². The summed E-state index contributed by atoms with van der Waals surface area (Å²) in [4.78, 5) is 22.2. The second-order valence-electron chi connectivity index (χ2n) is 5.03. The second-order valence-corrected chi connectivity index (χ2v) is 5.41. The van der Waals surface area contributed by atoms with Gasteiger partial charge in [-0.3, -0.25) is 15.4 Å². The number of ether oxygens (including phenoxy) is 2. The van der Waals surface area contributed by atoms with Crippen LogP contribution in [0.4, 0.5) is 16.2 Å². The highest BCUT2D eigenvalue weighted by Gasteiger charge is 2.15. The molecule has 0 aliphatic rings. The molecular weight excluding hydrogens is 336 g/mol. The molecule has 1 amide bonds. The number of halogens is 1. The van der Waals surface area contributed by atoms with E-state index in [-0.39, 0.29) is 17.1 Å². The first-order chi connectivity index (χ1) is 11.3. The van der Waals surface area contributed by atoms with Crippen LogP contribution in [0, 0.1) is 24.0 Å². The van der Waals surface area contributed by atoms with Crippen LogP contribution in [0.1, 0.15) is 11.1 Å². The number of nitrogens with zero attached hydrogens (tertiary/aromatic N) is 1. The average Bonchev–Trinajstić information content (AvgIpc) is 2.52. The van der Waals surface area contributed by atoms with E-state index in [0.29, 0.717) is 10.8 Å². The van der Waals surface area contributed by atoms with Crippen LogP contribution in [-0.2, 0) is 0 Å². The molecule has 0 aliphatic heterocycles. The summed E-state index contributed by atoms with van der Waals surface area (Å²) < 4.78 is 10.3. The number of hydrogen-bond acceptors (Lipinski definition) is 5. The van der Waals surface area contributed by atoms with E-state index in [1.54, 1.807) is 26.0 Å². The molecule has 0 fully saturated rings. The molecule has 0 aromatic heterocycles. The lowest BCUT2D eigenvalue weighted by atomic mass is 10.1. The topological polar surface area (TPSA) is 90.7 Å². The molecule has 126 valence electrons. The minimum absolute atomic E-state index is 0.144. The number of carbonyl (C=O) groups excluding carboxylic acids is 1. The van der Waals surface area contributed by atoms with Crippen LogP contribution in [0.25, 0.3) is 0 Å². The van der Waals surface area contributed by atoms with Crippen molar-refractivity contribution in [3.05, 3.63) is 56.6 Å². The third kappa shape index (κ3) is 3.94. The molecular formula is C16H15ClN2O5. The van der Waals surface area contributed by atoms with Crippen molar-refractivity contribution < 1.29 is 19.2 Å². The van der Waals surface area contributed by atoms with Gasteiger partial charge in [0.1, 0.15) is 11.5 Å². The van der Waals surface area contributed by atoms with E-state index in [9.17, 15) is 14.9 Å². The van der Waals surface area contributed by atoms with Crippen molar-refractivity contribution in [3.8, 4) is 11.5 Å². The van der Waals surface area contributed by atoms with Crippen molar-refractivity contribution in [2.45, 2.75) is 13.8 Å². The molecule has 24 heavy (non-hydrogen) atoms. The largest absolute Gasteiger partial charge is 0.494 e. The normalized spacial score (nSPS) is 10.2. The van der Waals surface area contributed by atoms with Gasteiger partial charge in [-0.15, -0.1) is 0 Å². The zero-order chi connectivity index (χ0) is 17.9. The van der Waals surface area contributed by atoms with Gasteiger partial charge in [0.15, 0.2) is 0 Å². The fraction of sp³-hybridized carbons (Fsp3) is 0.188. The molecule has 0 bridgehead atoms. The van der Waals surface area contributed by atoms with Crippen molar-refractivity contribution in [1.29, 1.82) is 0 Å². The summed E-state index contributed by atoms with van der Waals surface area (Å²) in [5, 5.41) is 13.9. The fourth-order valence-electron chi connectivity index (χ4n) is 2.10. The van der Waals surface area contributed by atoms with E-state index >= 15 is 0 Å². The number of benzene rings is 2. The maximum atomic E-state index is 12.0. The van der Waals surface area contributed by atoms with Gasteiger partial charge in [0.2, 0.25) is 0 Å². The standard InChI is InChI=1S/C16H15ClN2O5/c1-9-6-12(7-10(2)15(9)17)24-16(20)18-13-5-4-11(19(21)22)8-14(13)23-3/h4-8H,1-3H3,(H,18,20). The third-order valence-electron chi connectivity index (χ3n) is 3.25. The first-order valence-corrected chi connectivity index (χ1v) is 7.27. The molecule has 2 aromatic rings. The lowest BCUT2D eigenvalue weighted by Gasteiger charge is -2.11. The number of anilines is 1. The summed E-state index contributed by atoms with van der Waals surface area (Å²) in [7, 11) is 1.35. The molecule has 0 unspecified atom stereocenters. The Kier molecular flexibility index (Phi) is 5.25. The molecule has 0 heterocycles. The predicted octanol–water partition coefficient (Wildman–Crippen LogP) is 4.48. The highest BCUT2D eigenvalue weighted by molar-refractivity contribution is 6.32. The molecule has 0 aliphatic carbocycles. The molecule has 0 radical (unpaired) electrons. The minimum atomic E-state index is -0.747. The Morgan fingerprint density at radius 3 is 2.38 bits per heavy atom. The van der Waals surface area contributed by atoms with Crippen molar-refractivity contribution >= 4 is 29.1 Å². The molecule has 1 N–H and O–H groups in total. The van der Waals surface area contributed by atoms with Crippen LogP contribution in [0.2, 0.25) is 5.02 Å². The second kappa shape index (κ2) is 7.18. The number of aryl methyl sites for hydroxylation is 2. The lowest BCUT2D eigenvalue weighted by molar-refractivity contribution is -0.384. The van der Waals surface area contributed by atoms with E-state index in [2.05, 4.69) is 5.32 Å². The number of rotatable bonds is 4. The fourth-order valence-corrected chi connectivity index (χ4v) is 2.21. The summed E-state index contributed by atoms with van der Waals surface area (Å²) in [5.74, 6) is 0.498. The van der Waals surface area contributed by atoms with Gasteiger partial charge in [-0.25, -0.2) is 4.79 Å². The summed E-state index contributed by atoms with van der Waals surface area (Å²) >= 11 is 6.07. The Morgan fingerprint density at radius 2 is 1.83 bits per heavy atom. The predicted molar refractivity (Wildman–Crippen MR) is 90.2 cm³/mol. The number of amides is 1. The third-order valence-corrected chi connectivity index (χ3v) is 3.85. The van der Waals surface area contributed by atoms with Gasteiger partial charge in [-0.1, -0.05) is 11.6 Å². The molecule has 0 spiro atoms. The lowest BCUT2D eigenvalue weighted by Crippen LogP contribution is -2.17.